The lowest BCUT2D eigenvalue weighted by Gasteiger charge is -2.19. The number of carbonyl (C=O) groups excluding carboxylic acids is 1. The third-order valence-electron chi connectivity index (χ3n) is 1.65. The van der Waals surface area contributed by atoms with Crippen molar-refractivity contribution >= 4 is 11.9 Å². The maximum absolute atomic E-state index is 11.8. The highest BCUT2D eigenvalue weighted by Gasteiger charge is 2.29. The van der Waals surface area contributed by atoms with Crippen LogP contribution in [-0.2, 0) is 9.59 Å². The van der Waals surface area contributed by atoms with E-state index in [1.165, 1.54) is 6.08 Å². The van der Waals surface area contributed by atoms with Crippen molar-refractivity contribution in [2.24, 2.45) is 0 Å². The number of carboxylic acid groups (broad SMARTS) is 1. The van der Waals surface area contributed by atoms with Crippen LogP contribution in [-0.4, -0.2) is 41.1 Å². The molecule has 0 aliphatic rings. The highest BCUT2D eigenvalue weighted by Crippen LogP contribution is 2.21. The molecule has 92 valence electrons. The molecule has 0 saturated heterocycles. The summed E-state index contributed by atoms with van der Waals surface area (Å²) in [5.74, 6) is -2.12. The zero-order chi connectivity index (χ0) is 12.8. The minimum absolute atomic E-state index is 0.0804. The summed E-state index contributed by atoms with van der Waals surface area (Å²) < 4.78 is 35.5. The number of rotatable bonds is 6. The second-order valence-corrected chi connectivity index (χ2v) is 3.07. The Kier molecular flexibility index (Phi) is 5.55. The van der Waals surface area contributed by atoms with E-state index in [1.54, 1.807) is 0 Å². The molecule has 0 aromatic heterocycles. The van der Waals surface area contributed by atoms with Gasteiger partial charge in [0.2, 0.25) is 5.91 Å². The SMILES string of the molecule is C=CCN(CC(=O)O)C(=O)CCC(F)(F)F. The summed E-state index contributed by atoms with van der Waals surface area (Å²) in [5, 5.41) is 8.44. The van der Waals surface area contributed by atoms with Crippen LogP contribution in [0.2, 0.25) is 0 Å². The van der Waals surface area contributed by atoms with Gasteiger partial charge < -0.3 is 10.0 Å². The molecule has 0 saturated carbocycles. The monoisotopic (exact) mass is 239 g/mol. The van der Waals surface area contributed by atoms with Gasteiger partial charge in [-0.1, -0.05) is 6.08 Å². The van der Waals surface area contributed by atoms with Crippen LogP contribution in [0.1, 0.15) is 12.8 Å². The van der Waals surface area contributed by atoms with Gasteiger partial charge in [-0.3, -0.25) is 9.59 Å². The smallest absolute Gasteiger partial charge is 0.389 e. The van der Waals surface area contributed by atoms with E-state index < -0.39 is 37.4 Å². The number of alkyl halides is 3. The van der Waals surface area contributed by atoms with E-state index in [0.717, 1.165) is 4.90 Å². The molecule has 4 nitrogen and oxygen atoms in total. The van der Waals surface area contributed by atoms with Gasteiger partial charge in [0, 0.05) is 13.0 Å². The fraction of sp³-hybridized carbons (Fsp3) is 0.556. The lowest BCUT2D eigenvalue weighted by Crippen LogP contribution is -2.36. The Bertz CT molecular complexity index is 276. The van der Waals surface area contributed by atoms with E-state index in [4.69, 9.17) is 5.11 Å². The fourth-order valence-electron chi connectivity index (χ4n) is 0.980. The maximum atomic E-state index is 11.8. The predicted octanol–water partition coefficient (Wildman–Crippen LogP) is 1.43. The number of carbonyl (C=O) groups is 2. The molecule has 1 N–H and O–H groups in total. The molecule has 16 heavy (non-hydrogen) atoms. The van der Waals surface area contributed by atoms with Gasteiger partial charge in [0.05, 0.1) is 6.42 Å². The summed E-state index contributed by atoms with van der Waals surface area (Å²) >= 11 is 0. The Hall–Kier alpha value is -1.53. The Balaban J connectivity index is 4.27. The first-order chi connectivity index (χ1) is 7.26. The molecule has 0 unspecified atom stereocenters. The van der Waals surface area contributed by atoms with Crippen molar-refractivity contribution in [3.05, 3.63) is 12.7 Å². The summed E-state index contributed by atoms with van der Waals surface area (Å²) in [6.45, 7) is 2.59. The van der Waals surface area contributed by atoms with Crippen molar-refractivity contribution in [3.63, 3.8) is 0 Å². The molecule has 0 spiro atoms. The first-order valence-corrected chi connectivity index (χ1v) is 4.43. The molecule has 0 atom stereocenters. The summed E-state index contributed by atoms with van der Waals surface area (Å²) in [4.78, 5) is 22.4. The standard InChI is InChI=1S/C9H12F3NO3/c1-2-5-13(6-8(15)16)7(14)3-4-9(10,11)12/h2H,1,3-6H2,(H,15,16). The largest absolute Gasteiger partial charge is 0.480 e. The Morgan fingerprint density at radius 1 is 1.38 bits per heavy atom. The van der Waals surface area contributed by atoms with Gasteiger partial charge in [-0.25, -0.2) is 0 Å². The average Bonchev–Trinajstić information content (AvgIpc) is 2.11. The number of halogens is 3. The molecule has 0 fully saturated rings. The van der Waals surface area contributed by atoms with Crippen LogP contribution in [0.25, 0.3) is 0 Å². The first-order valence-electron chi connectivity index (χ1n) is 4.43. The van der Waals surface area contributed by atoms with Gasteiger partial charge in [0.25, 0.3) is 0 Å². The minimum Gasteiger partial charge on any atom is -0.480 e. The molecule has 0 aromatic carbocycles. The third-order valence-corrected chi connectivity index (χ3v) is 1.65. The van der Waals surface area contributed by atoms with Crippen LogP contribution < -0.4 is 0 Å². The van der Waals surface area contributed by atoms with Crippen molar-refractivity contribution in [2.75, 3.05) is 13.1 Å². The Morgan fingerprint density at radius 2 is 1.94 bits per heavy atom. The van der Waals surface area contributed by atoms with E-state index in [9.17, 15) is 22.8 Å². The molecular weight excluding hydrogens is 227 g/mol. The first kappa shape index (κ1) is 14.5. The zero-order valence-corrected chi connectivity index (χ0v) is 8.46. The Morgan fingerprint density at radius 3 is 2.31 bits per heavy atom. The number of amides is 1. The van der Waals surface area contributed by atoms with Crippen LogP contribution >= 0.6 is 0 Å². The third kappa shape index (κ3) is 6.86. The number of carboxylic acids is 1. The van der Waals surface area contributed by atoms with Gasteiger partial charge in [-0.2, -0.15) is 13.2 Å². The van der Waals surface area contributed by atoms with Crippen LogP contribution in [0, 0.1) is 0 Å². The Labute approximate surface area is 90.3 Å². The van der Waals surface area contributed by atoms with Crippen LogP contribution in [0.3, 0.4) is 0 Å². The molecule has 0 radical (unpaired) electrons. The average molecular weight is 239 g/mol. The number of hydrogen-bond donors (Lipinski definition) is 1. The second kappa shape index (κ2) is 6.14. The van der Waals surface area contributed by atoms with Crippen LogP contribution in [0.4, 0.5) is 13.2 Å². The van der Waals surface area contributed by atoms with Crippen molar-refractivity contribution in [3.8, 4) is 0 Å². The van der Waals surface area contributed by atoms with E-state index in [-0.39, 0.29) is 6.54 Å². The minimum atomic E-state index is -4.42. The highest BCUT2D eigenvalue weighted by atomic mass is 19.4. The van der Waals surface area contributed by atoms with Gasteiger partial charge in [0.1, 0.15) is 6.54 Å². The van der Waals surface area contributed by atoms with Crippen molar-refractivity contribution in [1.82, 2.24) is 4.90 Å². The number of hydrogen-bond acceptors (Lipinski definition) is 2. The molecule has 0 aromatic rings. The molecule has 0 aliphatic heterocycles. The van der Waals surface area contributed by atoms with Crippen molar-refractivity contribution < 1.29 is 27.9 Å². The van der Waals surface area contributed by atoms with Crippen LogP contribution in [0.5, 0.6) is 0 Å². The molecule has 7 heteroatoms. The van der Waals surface area contributed by atoms with E-state index in [1.807, 2.05) is 0 Å². The summed E-state index contributed by atoms with van der Waals surface area (Å²) in [6.07, 6.45) is -5.16. The molecule has 0 rings (SSSR count). The molecule has 0 bridgehead atoms. The lowest BCUT2D eigenvalue weighted by molar-refractivity contribution is -0.151. The van der Waals surface area contributed by atoms with Crippen molar-refractivity contribution in [2.45, 2.75) is 19.0 Å². The molecule has 1 amide bonds. The topological polar surface area (TPSA) is 57.6 Å². The number of aliphatic carboxylic acids is 1. The highest BCUT2D eigenvalue weighted by molar-refractivity contribution is 5.81. The maximum Gasteiger partial charge on any atom is 0.389 e. The normalized spacial score (nSPS) is 10.9. The second-order valence-electron chi connectivity index (χ2n) is 3.07. The fourth-order valence-corrected chi connectivity index (χ4v) is 0.980. The van der Waals surface area contributed by atoms with Crippen molar-refractivity contribution in [1.29, 1.82) is 0 Å². The van der Waals surface area contributed by atoms with Crippen LogP contribution in [0.15, 0.2) is 12.7 Å². The van der Waals surface area contributed by atoms with Gasteiger partial charge in [0.15, 0.2) is 0 Å². The van der Waals surface area contributed by atoms with E-state index >= 15 is 0 Å². The van der Waals surface area contributed by atoms with Gasteiger partial charge in [-0.15, -0.1) is 6.58 Å². The van der Waals surface area contributed by atoms with Gasteiger partial charge >= 0.3 is 12.1 Å². The van der Waals surface area contributed by atoms with E-state index in [0.29, 0.717) is 0 Å². The zero-order valence-electron chi connectivity index (χ0n) is 8.46. The summed E-state index contributed by atoms with van der Waals surface area (Å²) in [6, 6.07) is 0. The molecular formula is C9H12F3NO3. The van der Waals surface area contributed by atoms with Gasteiger partial charge in [-0.05, 0) is 0 Å². The lowest BCUT2D eigenvalue weighted by atomic mass is 10.2. The van der Waals surface area contributed by atoms with E-state index in [2.05, 4.69) is 6.58 Å². The number of nitrogens with zero attached hydrogens (tertiary/aromatic N) is 1. The quantitative estimate of drug-likeness (QED) is 0.713. The molecule has 0 heterocycles. The predicted molar refractivity (Wildman–Crippen MR) is 49.7 cm³/mol. The molecule has 0 aliphatic carbocycles. The summed E-state index contributed by atoms with van der Waals surface area (Å²) in [7, 11) is 0. The summed E-state index contributed by atoms with van der Waals surface area (Å²) in [5.41, 5.74) is 0.